The van der Waals surface area contributed by atoms with Gasteiger partial charge in [0.1, 0.15) is 11.6 Å². The molecule has 4 nitrogen and oxygen atoms in total. The van der Waals surface area contributed by atoms with Gasteiger partial charge in [0.05, 0.1) is 12.2 Å². The Hall–Kier alpha value is -1.16. The van der Waals surface area contributed by atoms with Gasteiger partial charge in [-0.05, 0) is 26.8 Å². The number of nitrogen functional groups attached to an aromatic ring is 1. The quantitative estimate of drug-likeness (QED) is 0.792. The third-order valence-electron chi connectivity index (χ3n) is 1.59. The van der Waals surface area contributed by atoms with E-state index in [0.717, 1.165) is 5.82 Å². The molecule has 0 unspecified atom stereocenters. The summed E-state index contributed by atoms with van der Waals surface area (Å²) in [5.74, 6) is 1.24. The minimum atomic E-state index is -0.111. The molecule has 0 aliphatic heterocycles. The fraction of sp³-hybridized carbons (Fsp3) is 0.600. The lowest BCUT2D eigenvalue weighted by molar-refractivity contribution is -0.00157. The number of nitrogens with two attached hydrogens (primary N) is 1. The smallest absolute Gasteiger partial charge is 0.132 e. The minimum Gasteiger partial charge on any atom is -0.384 e. The van der Waals surface area contributed by atoms with Gasteiger partial charge in [0.2, 0.25) is 0 Å². The van der Waals surface area contributed by atoms with Gasteiger partial charge in [-0.25, -0.2) is 9.97 Å². The van der Waals surface area contributed by atoms with Crippen LogP contribution in [0.25, 0.3) is 0 Å². The van der Waals surface area contributed by atoms with Gasteiger partial charge in [-0.2, -0.15) is 0 Å². The SMILES string of the molecule is CC(C)(C)OCCc1nccc(N)n1. The van der Waals surface area contributed by atoms with Gasteiger partial charge in [-0.1, -0.05) is 0 Å². The molecule has 0 fully saturated rings. The Balaban J connectivity index is 2.39. The fourth-order valence-corrected chi connectivity index (χ4v) is 0.984. The van der Waals surface area contributed by atoms with Crippen LogP contribution in [-0.4, -0.2) is 22.2 Å². The molecule has 4 heteroatoms. The summed E-state index contributed by atoms with van der Waals surface area (Å²) < 4.78 is 5.55. The maximum absolute atomic E-state index is 5.55. The number of aromatic nitrogens is 2. The summed E-state index contributed by atoms with van der Waals surface area (Å²) in [5, 5.41) is 0. The van der Waals surface area contributed by atoms with Crippen LogP contribution in [0.4, 0.5) is 5.82 Å². The average molecular weight is 195 g/mol. The second kappa shape index (κ2) is 4.37. The predicted molar refractivity (Wildman–Crippen MR) is 55.9 cm³/mol. The molecule has 14 heavy (non-hydrogen) atoms. The van der Waals surface area contributed by atoms with Crippen molar-refractivity contribution in [3.8, 4) is 0 Å². The Bertz CT molecular complexity index is 294. The molecular formula is C10H17N3O. The van der Waals surface area contributed by atoms with E-state index in [9.17, 15) is 0 Å². The van der Waals surface area contributed by atoms with Gasteiger partial charge in [0, 0.05) is 12.6 Å². The Kier molecular flexibility index (Phi) is 3.41. The largest absolute Gasteiger partial charge is 0.384 e. The number of hydrogen-bond acceptors (Lipinski definition) is 4. The summed E-state index contributed by atoms with van der Waals surface area (Å²) in [4.78, 5) is 8.17. The lowest BCUT2D eigenvalue weighted by Gasteiger charge is -2.18. The van der Waals surface area contributed by atoms with Gasteiger partial charge < -0.3 is 10.5 Å². The number of hydrogen-bond donors (Lipinski definition) is 1. The maximum Gasteiger partial charge on any atom is 0.132 e. The monoisotopic (exact) mass is 195 g/mol. The molecule has 0 bridgehead atoms. The van der Waals surface area contributed by atoms with E-state index < -0.39 is 0 Å². The van der Waals surface area contributed by atoms with Crippen molar-refractivity contribution >= 4 is 5.82 Å². The van der Waals surface area contributed by atoms with E-state index in [4.69, 9.17) is 10.5 Å². The first-order chi connectivity index (χ1) is 6.47. The molecule has 0 aliphatic rings. The molecule has 0 radical (unpaired) electrons. The maximum atomic E-state index is 5.55. The van der Waals surface area contributed by atoms with Crippen LogP contribution in [0.2, 0.25) is 0 Å². The lowest BCUT2D eigenvalue weighted by atomic mass is 10.2. The molecule has 0 spiro atoms. The van der Waals surface area contributed by atoms with Crippen LogP contribution in [0, 0.1) is 0 Å². The van der Waals surface area contributed by atoms with Gasteiger partial charge in [-0.15, -0.1) is 0 Å². The second-order valence-electron chi connectivity index (χ2n) is 4.11. The summed E-state index contributed by atoms with van der Waals surface area (Å²) in [6.07, 6.45) is 2.36. The van der Waals surface area contributed by atoms with Gasteiger partial charge in [-0.3, -0.25) is 0 Å². The molecule has 0 saturated carbocycles. The standard InChI is InChI=1S/C10H17N3O/c1-10(2,3)14-7-5-9-12-6-4-8(11)13-9/h4,6H,5,7H2,1-3H3,(H2,11,12,13). The van der Waals surface area contributed by atoms with E-state index in [1.165, 1.54) is 0 Å². The molecule has 1 aromatic rings. The van der Waals surface area contributed by atoms with Gasteiger partial charge >= 0.3 is 0 Å². The molecule has 1 rings (SSSR count). The summed E-state index contributed by atoms with van der Waals surface area (Å²) in [5.41, 5.74) is 5.41. The van der Waals surface area contributed by atoms with Crippen LogP contribution in [0.1, 0.15) is 26.6 Å². The Morgan fingerprint density at radius 1 is 1.43 bits per heavy atom. The third kappa shape index (κ3) is 4.18. The van der Waals surface area contributed by atoms with E-state index in [-0.39, 0.29) is 5.60 Å². The minimum absolute atomic E-state index is 0.111. The van der Waals surface area contributed by atoms with Crippen molar-refractivity contribution in [1.29, 1.82) is 0 Å². The van der Waals surface area contributed by atoms with Gasteiger partial charge in [0.25, 0.3) is 0 Å². The highest BCUT2D eigenvalue weighted by Gasteiger charge is 2.09. The first-order valence-electron chi connectivity index (χ1n) is 4.69. The summed E-state index contributed by atoms with van der Waals surface area (Å²) in [6.45, 7) is 6.68. The Labute approximate surface area is 84.5 Å². The molecule has 0 atom stereocenters. The van der Waals surface area contributed by atoms with Crippen LogP contribution < -0.4 is 5.73 Å². The molecular weight excluding hydrogens is 178 g/mol. The Morgan fingerprint density at radius 3 is 2.71 bits per heavy atom. The van der Waals surface area contributed by atoms with E-state index in [1.54, 1.807) is 12.3 Å². The van der Waals surface area contributed by atoms with E-state index >= 15 is 0 Å². The van der Waals surface area contributed by atoms with Crippen molar-refractivity contribution in [3.05, 3.63) is 18.1 Å². The van der Waals surface area contributed by atoms with E-state index in [2.05, 4.69) is 9.97 Å². The summed E-state index contributed by atoms with van der Waals surface area (Å²) >= 11 is 0. The number of rotatable bonds is 3. The lowest BCUT2D eigenvalue weighted by Crippen LogP contribution is -2.21. The first kappa shape index (κ1) is 10.9. The van der Waals surface area contributed by atoms with E-state index in [1.807, 2.05) is 20.8 Å². The number of ether oxygens (including phenoxy) is 1. The fourth-order valence-electron chi connectivity index (χ4n) is 0.984. The highest BCUT2D eigenvalue weighted by molar-refractivity contribution is 5.24. The van der Waals surface area contributed by atoms with Crippen molar-refractivity contribution in [3.63, 3.8) is 0 Å². The second-order valence-corrected chi connectivity index (χ2v) is 4.11. The topological polar surface area (TPSA) is 61.0 Å². The third-order valence-corrected chi connectivity index (χ3v) is 1.59. The predicted octanol–water partition coefficient (Wildman–Crippen LogP) is 1.42. The van der Waals surface area contributed by atoms with Crippen LogP contribution in [0.15, 0.2) is 12.3 Å². The molecule has 0 amide bonds. The first-order valence-corrected chi connectivity index (χ1v) is 4.69. The van der Waals surface area contributed by atoms with Crippen molar-refractivity contribution in [2.45, 2.75) is 32.8 Å². The zero-order valence-corrected chi connectivity index (χ0v) is 8.95. The van der Waals surface area contributed by atoms with Crippen LogP contribution in [-0.2, 0) is 11.2 Å². The Morgan fingerprint density at radius 2 is 2.14 bits per heavy atom. The highest BCUT2D eigenvalue weighted by atomic mass is 16.5. The molecule has 1 aromatic heterocycles. The van der Waals surface area contributed by atoms with Crippen molar-refractivity contribution in [1.82, 2.24) is 9.97 Å². The molecule has 0 saturated heterocycles. The zero-order chi connectivity index (χ0) is 10.6. The van der Waals surface area contributed by atoms with Crippen molar-refractivity contribution in [2.24, 2.45) is 0 Å². The summed E-state index contributed by atoms with van der Waals surface area (Å²) in [7, 11) is 0. The van der Waals surface area contributed by atoms with Crippen LogP contribution in [0.5, 0.6) is 0 Å². The zero-order valence-electron chi connectivity index (χ0n) is 8.95. The molecule has 0 aliphatic carbocycles. The molecule has 2 N–H and O–H groups in total. The van der Waals surface area contributed by atoms with E-state index in [0.29, 0.717) is 18.8 Å². The highest BCUT2D eigenvalue weighted by Crippen LogP contribution is 2.07. The molecule has 78 valence electrons. The molecule has 1 heterocycles. The normalized spacial score (nSPS) is 11.6. The van der Waals surface area contributed by atoms with Crippen molar-refractivity contribution in [2.75, 3.05) is 12.3 Å². The number of nitrogens with zero attached hydrogens (tertiary/aromatic N) is 2. The van der Waals surface area contributed by atoms with Crippen molar-refractivity contribution < 1.29 is 4.74 Å². The van der Waals surface area contributed by atoms with Crippen LogP contribution >= 0.6 is 0 Å². The number of anilines is 1. The molecule has 0 aromatic carbocycles. The van der Waals surface area contributed by atoms with Gasteiger partial charge in [0.15, 0.2) is 0 Å². The average Bonchev–Trinajstić information content (AvgIpc) is 2.01. The van der Waals surface area contributed by atoms with Crippen LogP contribution in [0.3, 0.4) is 0 Å². The summed E-state index contributed by atoms with van der Waals surface area (Å²) in [6, 6.07) is 1.67.